The van der Waals surface area contributed by atoms with Gasteiger partial charge in [-0.1, -0.05) is 11.8 Å². The molecule has 9 heteroatoms. The highest BCUT2D eigenvalue weighted by Gasteiger charge is 2.14. The van der Waals surface area contributed by atoms with Crippen molar-refractivity contribution in [3.63, 3.8) is 0 Å². The van der Waals surface area contributed by atoms with Gasteiger partial charge < -0.3 is 10.1 Å². The van der Waals surface area contributed by atoms with Crippen LogP contribution in [0.1, 0.15) is 28.9 Å². The molecule has 0 aliphatic rings. The van der Waals surface area contributed by atoms with E-state index in [1.165, 1.54) is 11.8 Å². The van der Waals surface area contributed by atoms with Gasteiger partial charge in [0.1, 0.15) is 0 Å². The average molecular weight is 386 g/mol. The van der Waals surface area contributed by atoms with E-state index in [1.54, 1.807) is 23.9 Å². The minimum atomic E-state index is -0.0203. The summed E-state index contributed by atoms with van der Waals surface area (Å²) < 4.78 is 6.84. The molecule has 1 amide bonds. The van der Waals surface area contributed by atoms with E-state index in [9.17, 15) is 4.79 Å². The van der Waals surface area contributed by atoms with Gasteiger partial charge in [0.05, 0.1) is 7.11 Å². The van der Waals surface area contributed by atoms with Crippen LogP contribution in [0.4, 0.5) is 0 Å². The predicted molar refractivity (Wildman–Crippen MR) is 103 cm³/mol. The molecule has 3 aromatic rings. The molecule has 0 bridgehead atoms. The Bertz CT molecular complexity index is 972. The Morgan fingerprint density at radius 3 is 2.89 bits per heavy atom. The molecule has 0 aliphatic heterocycles. The molecule has 27 heavy (non-hydrogen) atoms. The molecule has 0 saturated carbocycles. The average Bonchev–Trinajstić information content (AvgIpc) is 3.09. The molecule has 0 atom stereocenters. The summed E-state index contributed by atoms with van der Waals surface area (Å²) >= 11 is 1.48. The van der Waals surface area contributed by atoms with Crippen molar-refractivity contribution in [3.8, 4) is 5.88 Å². The van der Waals surface area contributed by atoms with E-state index in [0.717, 1.165) is 22.5 Å². The zero-order valence-corrected chi connectivity index (χ0v) is 16.6. The Kier molecular flexibility index (Phi) is 5.90. The van der Waals surface area contributed by atoms with E-state index in [4.69, 9.17) is 4.74 Å². The van der Waals surface area contributed by atoms with Gasteiger partial charge in [-0.2, -0.15) is 4.98 Å². The van der Waals surface area contributed by atoms with Gasteiger partial charge in [0.25, 0.3) is 5.78 Å². The van der Waals surface area contributed by atoms with Gasteiger partial charge in [0.2, 0.25) is 16.9 Å². The summed E-state index contributed by atoms with van der Waals surface area (Å²) in [6.07, 6.45) is 4.57. The van der Waals surface area contributed by atoms with Crippen LogP contribution < -0.4 is 10.1 Å². The summed E-state index contributed by atoms with van der Waals surface area (Å²) in [4.78, 5) is 25.2. The van der Waals surface area contributed by atoms with Crippen molar-refractivity contribution < 1.29 is 9.53 Å². The van der Waals surface area contributed by atoms with Gasteiger partial charge in [-0.3, -0.25) is 4.79 Å². The van der Waals surface area contributed by atoms with Crippen molar-refractivity contribution in [1.29, 1.82) is 0 Å². The number of fused-ring (bicyclic) bond motifs is 1. The number of methoxy groups -OCH3 is 1. The number of amides is 1. The lowest BCUT2D eigenvalue weighted by Gasteiger charge is -2.10. The molecule has 0 unspecified atom stereocenters. The summed E-state index contributed by atoms with van der Waals surface area (Å²) in [6, 6.07) is 3.66. The Morgan fingerprint density at radius 2 is 2.15 bits per heavy atom. The summed E-state index contributed by atoms with van der Waals surface area (Å²) in [5, 5.41) is 8.06. The molecule has 3 rings (SSSR count). The van der Waals surface area contributed by atoms with Crippen molar-refractivity contribution >= 4 is 23.4 Å². The van der Waals surface area contributed by atoms with Crippen LogP contribution in [0.2, 0.25) is 0 Å². The molecular weight excluding hydrogens is 364 g/mol. The standard InChI is InChI=1S/C18H22N6O2S/c1-11-14(12(2)24-17(21-11)22-18(23-24)27-4)5-6-15(25)20-10-13-7-8-19-16(9-13)26-3/h7-9H,5-6,10H2,1-4H3,(H,20,25). The van der Waals surface area contributed by atoms with Crippen LogP contribution in [0.3, 0.4) is 0 Å². The van der Waals surface area contributed by atoms with Gasteiger partial charge in [-0.25, -0.2) is 14.5 Å². The molecular formula is C18H22N6O2S. The summed E-state index contributed by atoms with van der Waals surface area (Å²) in [7, 11) is 1.57. The lowest BCUT2D eigenvalue weighted by Crippen LogP contribution is -2.23. The van der Waals surface area contributed by atoms with Crippen LogP contribution in [0.5, 0.6) is 5.88 Å². The first kappa shape index (κ1) is 19.1. The summed E-state index contributed by atoms with van der Waals surface area (Å²) in [6.45, 7) is 4.36. The molecule has 0 fully saturated rings. The van der Waals surface area contributed by atoms with Crippen LogP contribution in [-0.4, -0.2) is 43.8 Å². The van der Waals surface area contributed by atoms with E-state index < -0.39 is 0 Å². The maximum Gasteiger partial charge on any atom is 0.253 e. The second-order valence-electron chi connectivity index (χ2n) is 6.05. The largest absolute Gasteiger partial charge is 0.481 e. The second kappa shape index (κ2) is 8.34. The monoisotopic (exact) mass is 386 g/mol. The van der Waals surface area contributed by atoms with E-state index in [-0.39, 0.29) is 5.91 Å². The highest BCUT2D eigenvalue weighted by molar-refractivity contribution is 7.98. The van der Waals surface area contributed by atoms with Gasteiger partial charge in [0.15, 0.2) is 0 Å². The van der Waals surface area contributed by atoms with Crippen LogP contribution in [0, 0.1) is 13.8 Å². The molecule has 0 saturated heterocycles. The van der Waals surface area contributed by atoms with Gasteiger partial charge >= 0.3 is 0 Å². The maximum absolute atomic E-state index is 12.3. The zero-order valence-electron chi connectivity index (χ0n) is 15.8. The Balaban J connectivity index is 1.64. The highest BCUT2D eigenvalue weighted by atomic mass is 32.2. The molecule has 1 N–H and O–H groups in total. The molecule has 0 aromatic carbocycles. The zero-order chi connectivity index (χ0) is 19.4. The number of nitrogens with one attached hydrogen (secondary N) is 1. The van der Waals surface area contributed by atoms with Crippen molar-refractivity contribution in [3.05, 3.63) is 40.8 Å². The van der Waals surface area contributed by atoms with E-state index in [2.05, 4.69) is 25.4 Å². The molecule has 142 valence electrons. The number of nitrogens with zero attached hydrogens (tertiary/aromatic N) is 5. The third-order valence-electron chi connectivity index (χ3n) is 4.31. The first-order chi connectivity index (χ1) is 13.0. The normalized spacial score (nSPS) is 11.0. The first-order valence-corrected chi connectivity index (χ1v) is 9.76. The minimum absolute atomic E-state index is 0.0203. The highest BCUT2D eigenvalue weighted by Crippen LogP contribution is 2.18. The molecule has 8 nitrogen and oxygen atoms in total. The Morgan fingerprint density at radius 1 is 1.33 bits per heavy atom. The van der Waals surface area contributed by atoms with Crippen LogP contribution in [0.15, 0.2) is 23.5 Å². The van der Waals surface area contributed by atoms with E-state index in [1.807, 2.05) is 26.2 Å². The number of thioether (sulfide) groups is 1. The lowest BCUT2D eigenvalue weighted by atomic mass is 10.1. The quantitative estimate of drug-likeness (QED) is 0.622. The first-order valence-electron chi connectivity index (χ1n) is 8.54. The fraction of sp³-hybridized carbons (Fsp3) is 0.389. The second-order valence-corrected chi connectivity index (χ2v) is 6.83. The SMILES string of the molecule is COc1cc(CNC(=O)CCc2c(C)nc3nc(SC)nn3c2C)ccn1. The Hall–Kier alpha value is -2.68. The molecule has 0 radical (unpaired) electrons. The van der Waals surface area contributed by atoms with Crippen molar-refractivity contribution in [2.24, 2.45) is 0 Å². The fourth-order valence-electron chi connectivity index (χ4n) is 2.84. The van der Waals surface area contributed by atoms with Gasteiger partial charge in [-0.05, 0) is 43.7 Å². The number of carbonyl (C=O) groups is 1. The summed E-state index contributed by atoms with van der Waals surface area (Å²) in [5.41, 5.74) is 3.82. The predicted octanol–water partition coefficient (Wildman–Crippen LogP) is 2.12. The third kappa shape index (κ3) is 4.36. The minimum Gasteiger partial charge on any atom is -0.481 e. The van der Waals surface area contributed by atoms with Crippen molar-refractivity contribution in [1.82, 2.24) is 29.9 Å². The number of carbonyl (C=O) groups excluding carboxylic acids is 1. The summed E-state index contributed by atoms with van der Waals surface area (Å²) in [5.74, 6) is 1.10. The van der Waals surface area contributed by atoms with Crippen molar-refractivity contribution in [2.45, 2.75) is 38.4 Å². The number of ether oxygens (including phenoxy) is 1. The topological polar surface area (TPSA) is 94.3 Å². The maximum atomic E-state index is 12.3. The van der Waals surface area contributed by atoms with Crippen molar-refractivity contribution in [2.75, 3.05) is 13.4 Å². The Labute approximate surface area is 161 Å². The molecule has 0 spiro atoms. The van der Waals surface area contributed by atoms with Gasteiger partial charge in [-0.15, -0.1) is 5.10 Å². The lowest BCUT2D eigenvalue weighted by molar-refractivity contribution is -0.121. The fourth-order valence-corrected chi connectivity index (χ4v) is 3.17. The van der Waals surface area contributed by atoms with Crippen LogP contribution in [-0.2, 0) is 17.8 Å². The van der Waals surface area contributed by atoms with E-state index >= 15 is 0 Å². The van der Waals surface area contributed by atoms with Gasteiger partial charge in [0, 0.05) is 36.6 Å². The number of hydrogen-bond donors (Lipinski definition) is 1. The van der Waals surface area contributed by atoms with E-state index in [0.29, 0.717) is 36.2 Å². The number of hydrogen-bond acceptors (Lipinski definition) is 7. The molecule has 3 heterocycles. The number of aryl methyl sites for hydroxylation is 2. The number of rotatable bonds is 7. The van der Waals surface area contributed by atoms with Crippen LogP contribution >= 0.6 is 11.8 Å². The molecule has 0 aliphatic carbocycles. The third-order valence-corrected chi connectivity index (χ3v) is 4.85. The number of pyridine rings is 1. The smallest absolute Gasteiger partial charge is 0.253 e. The van der Waals surface area contributed by atoms with Crippen LogP contribution in [0.25, 0.3) is 5.78 Å². The number of aromatic nitrogens is 5. The molecule has 3 aromatic heterocycles.